The van der Waals surface area contributed by atoms with Crippen LogP contribution in [0, 0.1) is 6.92 Å². The van der Waals surface area contributed by atoms with Crippen molar-refractivity contribution in [1.82, 2.24) is 10.3 Å². The summed E-state index contributed by atoms with van der Waals surface area (Å²) in [4.78, 5) is 15.8. The molecular formula is C11H15N3O2. The van der Waals surface area contributed by atoms with E-state index in [-0.39, 0.29) is 23.5 Å². The third-order valence-electron chi connectivity index (χ3n) is 2.63. The van der Waals surface area contributed by atoms with Crippen molar-refractivity contribution in [3.8, 4) is 5.75 Å². The van der Waals surface area contributed by atoms with Crippen LogP contribution in [0.1, 0.15) is 18.5 Å². The van der Waals surface area contributed by atoms with Crippen LogP contribution in [0.3, 0.4) is 0 Å². The second kappa shape index (κ2) is 4.49. The minimum Gasteiger partial charge on any atom is -0.504 e. The molecule has 1 aromatic heterocycles. The summed E-state index contributed by atoms with van der Waals surface area (Å²) >= 11 is 0. The molecule has 1 aromatic rings. The normalized spacial score (nSPS) is 19.7. The average molecular weight is 221 g/mol. The van der Waals surface area contributed by atoms with Gasteiger partial charge in [-0.1, -0.05) is 0 Å². The molecule has 0 unspecified atom stereocenters. The summed E-state index contributed by atoms with van der Waals surface area (Å²) in [6, 6.07) is 3.06. The highest BCUT2D eigenvalue weighted by Crippen LogP contribution is 2.20. The van der Waals surface area contributed by atoms with Crippen molar-refractivity contribution in [3.05, 3.63) is 17.8 Å². The number of rotatable bonds is 2. The van der Waals surface area contributed by atoms with Gasteiger partial charge >= 0.3 is 0 Å². The second-order valence-electron chi connectivity index (χ2n) is 3.96. The van der Waals surface area contributed by atoms with Crippen LogP contribution in [0.5, 0.6) is 5.75 Å². The number of aryl methyl sites for hydroxylation is 1. The molecule has 2 rings (SSSR count). The van der Waals surface area contributed by atoms with Crippen molar-refractivity contribution in [3.63, 3.8) is 0 Å². The SMILES string of the molecule is Cc1ccc(O)c(NC(=O)[C@@H]2CCCN2)n1. The Balaban J connectivity index is 2.07. The number of aromatic nitrogens is 1. The fourth-order valence-electron chi connectivity index (χ4n) is 1.75. The van der Waals surface area contributed by atoms with E-state index in [0.29, 0.717) is 0 Å². The highest BCUT2D eigenvalue weighted by Gasteiger charge is 2.22. The van der Waals surface area contributed by atoms with Crippen LogP contribution in [0.25, 0.3) is 0 Å². The first-order valence-electron chi connectivity index (χ1n) is 5.37. The number of hydrogen-bond donors (Lipinski definition) is 3. The van der Waals surface area contributed by atoms with E-state index in [1.807, 2.05) is 6.92 Å². The van der Waals surface area contributed by atoms with Crippen LogP contribution in [0.2, 0.25) is 0 Å². The number of carbonyl (C=O) groups is 1. The van der Waals surface area contributed by atoms with Gasteiger partial charge < -0.3 is 15.7 Å². The summed E-state index contributed by atoms with van der Waals surface area (Å²) in [6.07, 6.45) is 1.84. The Bertz CT molecular complexity index is 400. The van der Waals surface area contributed by atoms with E-state index in [2.05, 4.69) is 15.6 Å². The van der Waals surface area contributed by atoms with Gasteiger partial charge in [-0.25, -0.2) is 4.98 Å². The van der Waals surface area contributed by atoms with Gasteiger partial charge in [0.2, 0.25) is 5.91 Å². The molecular weight excluding hydrogens is 206 g/mol. The Morgan fingerprint density at radius 2 is 2.44 bits per heavy atom. The molecule has 1 fully saturated rings. The Morgan fingerprint density at radius 1 is 1.62 bits per heavy atom. The van der Waals surface area contributed by atoms with Crippen molar-refractivity contribution in [2.24, 2.45) is 0 Å². The lowest BCUT2D eigenvalue weighted by molar-refractivity contribution is -0.117. The molecule has 1 aliphatic rings. The summed E-state index contributed by atoms with van der Waals surface area (Å²) in [5, 5.41) is 15.2. The number of nitrogens with one attached hydrogen (secondary N) is 2. The van der Waals surface area contributed by atoms with Gasteiger partial charge in [-0.15, -0.1) is 0 Å². The lowest BCUT2D eigenvalue weighted by atomic mass is 10.2. The van der Waals surface area contributed by atoms with Gasteiger partial charge in [0.05, 0.1) is 6.04 Å². The first-order chi connectivity index (χ1) is 7.66. The molecule has 3 N–H and O–H groups in total. The Hall–Kier alpha value is -1.62. The van der Waals surface area contributed by atoms with Crippen molar-refractivity contribution in [2.45, 2.75) is 25.8 Å². The number of carbonyl (C=O) groups excluding carboxylic acids is 1. The van der Waals surface area contributed by atoms with E-state index < -0.39 is 0 Å². The molecule has 5 heteroatoms. The smallest absolute Gasteiger partial charge is 0.242 e. The Morgan fingerprint density at radius 3 is 3.12 bits per heavy atom. The van der Waals surface area contributed by atoms with E-state index in [9.17, 15) is 9.90 Å². The molecule has 0 aliphatic carbocycles. The molecule has 5 nitrogen and oxygen atoms in total. The van der Waals surface area contributed by atoms with Crippen molar-refractivity contribution < 1.29 is 9.90 Å². The molecule has 1 atom stereocenters. The van der Waals surface area contributed by atoms with Crippen LogP contribution in [0.4, 0.5) is 5.82 Å². The lowest BCUT2D eigenvalue weighted by Crippen LogP contribution is -2.35. The summed E-state index contributed by atoms with van der Waals surface area (Å²) in [7, 11) is 0. The topological polar surface area (TPSA) is 74.2 Å². The lowest BCUT2D eigenvalue weighted by Gasteiger charge is -2.11. The van der Waals surface area contributed by atoms with Crippen molar-refractivity contribution >= 4 is 11.7 Å². The molecule has 1 saturated heterocycles. The van der Waals surface area contributed by atoms with Crippen LogP contribution < -0.4 is 10.6 Å². The third-order valence-corrected chi connectivity index (χ3v) is 2.63. The van der Waals surface area contributed by atoms with E-state index in [1.165, 1.54) is 6.07 Å². The van der Waals surface area contributed by atoms with E-state index in [0.717, 1.165) is 25.1 Å². The van der Waals surface area contributed by atoms with Crippen LogP contribution in [-0.2, 0) is 4.79 Å². The van der Waals surface area contributed by atoms with E-state index in [1.54, 1.807) is 6.07 Å². The minimum atomic E-state index is -0.165. The Kier molecular flexibility index (Phi) is 3.05. The molecule has 1 aliphatic heterocycles. The average Bonchev–Trinajstić information content (AvgIpc) is 2.76. The van der Waals surface area contributed by atoms with Gasteiger partial charge in [-0.2, -0.15) is 0 Å². The summed E-state index contributed by atoms with van der Waals surface area (Å²) in [6.45, 7) is 2.67. The zero-order valence-corrected chi connectivity index (χ0v) is 9.16. The molecule has 86 valence electrons. The van der Waals surface area contributed by atoms with Crippen LogP contribution in [-0.4, -0.2) is 28.6 Å². The second-order valence-corrected chi connectivity index (χ2v) is 3.96. The highest BCUT2D eigenvalue weighted by molar-refractivity contribution is 5.95. The van der Waals surface area contributed by atoms with E-state index in [4.69, 9.17) is 0 Å². The van der Waals surface area contributed by atoms with Gasteiger partial charge in [0.15, 0.2) is 11.6 Å². The Labute approximate surface area is 93.9 Å². The van der Waals surface area contributed by atoms with Gasteiger partial charge in [-0.05, 0) is 38.4 Å². The van der Waals surface area contributed by atoms with Gasteiger partial charge in [0, 0.05) is 5.69 Å². The number of anilines is 1. The zero-order chi connectivity index (χ0) is 11.5. The largest absolute Gasteiger partial charge is 0.504 e. The molecule has 0 spiro atoms. The number of hydrogen-bond acceptors (Lipinski definition) is 4. The number of aromatic hydroxyl groups is 1. The van der Waals surface area contributed by atoms with Crippen molar-refractivity contribution in [1.29, 1.82) is 0 Å². The van der Waals surface area contributed by atoms with E-state index >= 15 is 0 Å². The molecule has 1 amide bonds. The monoisotopic (exact) mass is 221 g/mol. The summed E-state index contributed by atoms with van der Waals surface area (Å²) in [5.74, 6) is 0.0987. The molecule has 0 bridgehead atoms. The fraction of sp³-hybridized carbons (Fsp3) is 0.455. The molecule has 16 heavy (non-hydrogen) atoms. The van der Waals surface area contributed by atoms with Gasteiger partial charge in [0.1, 0.15) is 0 Å². The predicted molar refractivity (Wildman–Crippen MR) is 60.3 cm³/mol. The van der Waals surface area contributed by atoms with Gasteiger partial charge in [-0.3, -0.25) is 4.79 Å². The first-order valence-corrected chi connectivity index (χ1v) is 5.37. The third kappa shape index (κ3) is 2.30. The van der Waals surface area contributed by atoms with Crippen molar-refractivity contribution in [2.75, 3.05) is 11.9 Å². The van der Waals surface area contributed by atoms with Crippen LogP contribution >= 0.6 is 0 Å². The maximum absolute atomic E-state index is 11.8. The maximum atomic E-state index is 11.8. The first kappa shape index (κ1) is 10.9. The molecule has 2 heterocycles. The standard InChI is InChI=1S/C11H15N3O2/c1-7-4-5-9(15)10(13-7)14-11(16)8-3-2-6-12-8/h4-5,8,12,15H,2-3,6H2,1H3,(H,13,14,16)/t8-/m0/s1. The number of pyridine rings is 1. The highest BCUT2D eigenvalue weighted by atomic mass is 16.3. The molecule has 0 aromatic carbocycles. The number of nitrogens with zero attached hydrogens (tertiary/aromatic N) is 1. The predicted octanol–water partition coefficient (Wildman–Crippen LogP) is 0.786. The van der Waals surface area contributed by atoms with Crippen LogP contribution in [0.15, 0.2) is 12.1 Å². The number of amides is 1. The quantitative estimate of drug-likeness (QED) is 0.690. The summed E-state index contributed by atoms with van der Waals surface area (Å²) < 4.78 is 0. The minimum absolute atomic E-state index is 0.00283. The summed E-state index contributed by atoms with van der Waals surface area (Å²) in [5.41, 5.74) is 0.757. The zero-order valence-electron chi connectivity index (χ0n) is 9.16. The van der Waals surface area contributed by atoms with Gasteiger partial charge in [0.25, 0.3) is 0 Å². The molecule has 0 saturated carbocycles. The fourth-order valence-corrected chi connectivity index (χ4v) is 1.75. The maximum Gasteiger partial charge on any atom is 0.242 e. The molecule has 0 radical (unpaired) electrons.